The van der Waals surface area contributed by atoms with Gasteiger partial charge in [-0.05, 0) is 32.0 Å². The third-order valence-corrected chi connectivity index (χ3v) is 6.48. The summed E-state index contributed by atoms with van der Waals surface area (Å²) in [6.07, 6.45) is 1.41. The van der Waals surface area contributed by atoms with E-state index < -0.39 is 4.92 Å². The van der Waals surface area contributed by atoms with Crippen LogP contribution >= 0.6 is 0 Å². The Morgan fingerprint density at radius 1 is 1.17 bits per heavy atom. The fraction of sp³-hybridized carbons (Fsp3) is 0.500. The molecule has 11 nitrogen and oxygen atoms in total. The molecule has 0 radical (unpaired) electrons. The van der Waals surface area contributed by atoms with Crippen LogP contribution in [0.15, 0.2) is 36.5 Å². The number of rotatable bonds is 10. The molecule has 1 fully saturated rings. The zero-order valence-electron chi connectivity index (χ0n) is 20.5. The predicted octanol–water partition coefficient (Wildman–Crippen LogP) is 3.07. The number of nitrogens with one attached hydrogen (secondary N) is 1. The Morgan fingerprint density at radius 3 is 2.60 bits per heavy atom. The van der Waals surface area contributed by atoms with E-state index in [1.807, 2.05) is 12.1 Å². The lowest BCUT2D eigenvalue weighted by Gasteiger charge is -2.45. The summed E-state index contributed by atoms with van der Waals surface area (Å²) in [5, 5.41) is 19.3. The fourth-order valence-corrected chi connectivity index (χ4v) is 4.64. The number of fused-ring (bicyclic) bond motifs is 1. The van der Waals surface area contributed by atoms with E-state index in [1.165, 1.54) is 6.07 Å². The van der Waals surface area contributed by atoms with Crippen LogP contribution in [0, 0.1) is 10.1 Å². The number of nitro benzene ring substituents is 1. The van der Waals surface area contributed by atoms with Crippen molar-refractivity contribution >= 4 is 22.4 Å². The number of methoxy groups -OCH3 is 2. The first-order valence-corrected chi connectivity index (χ1v) is 11.6. The van der Waals surface area contributed by atoms with Crippen LogP contribution in [0.25, 0.3) is 22.2 Å². The number of hydrogen-bond acceptors (Lipinski definition) is 9. The first-order valence-electron chi connectivity index (χ1n) is 11.6. The van der Waals surface area contributed by atoms with Gasteiger partial charge in [0.25, 0.3) is 5.69 Å². The smallest absolute Gasteiger partial charge is 0.270 e. The van der Waals surface area contributed by atoms with Gasteiger partial charge in [-0.25, -0.2) is 4.98 Å². The highest BCUT2D eigenvalue weighted by Gasteiger charge is 2.30. The van der Waals surface area contributed by atoms with Crippen molar-refractivity contribution in [2.75, 3.05) is 52.0 Å². The molecule has 11 heteroatoms. The van der Waals surface area contributed by atoms with E-state index in [0.29, 0.717) is 36.4 Å². The van der Waals surface area contributed by atoms with Crippen LogP contribution in [0.1, 0.15) is 13.8 Å². The van der Waals surface area contributed by atoms with Crippen molar-refractivity contribution in [2.45, 2.75) is 32.2 Å². The number of benzene rings is 1. The lowest BCUT2D eigenvalue weighted by Crippen LogP contribution is -2.57. The second-order valence-electron chi connectivity index (χ2n) is 8.78. The van der Waals surface area contributed by atoms with Gasteiger partial charge in [0.05, 0.1) is 23.7 Å². The maximum Gasteiger partial charge on any atom is 0.270 e. The molecule has 188 valence electrons. The number of anilines is 1. The lowest BCUT2D eigenvalue weighted by atomic mass is 10.1. The van der Waals surface area contributed by atoms with E-state index in [-0.39, 0.29) is 12.0 Å². The number of nitro groups is 1. The maximum absolute atomic E-state index is 11.2. The molecule has 2 aromatic heterocycles. The number of hydrogen-bond donors (Lipinski definition) is 1. The van der Waals surface area contributed by atoms with Crippen LogP contribution in [0.4, 0.5) is 11.5 Å². The summed E-state index contributed by atoms with van der Waals surface area (Å²) < 4.78 is 16.1. The van der Waals surface area contributed by atoms with Gasteiger partial charge < -0.3 is 19.1 Å². The fourth-order valence-electron chi connectivity index (χ4n) is 4.64. The molecule has 2 unspecified atom stereocenters. The number of pyridine rings is 1. The molecular weight excluding hydrogens is 452 g/mol. The Labute approximate surface area is 204 Å². The van der Waals surface area contributed by atoms with E-state index in [2.05, 4.69) is 38.8 Å². The highest BCUT2D eigenvalue weighted by atomic mass is 16.7. The van der Waals surface area contributed by atoms with Gasteiger partial charge in [-0.3, -0.25) is 20.1 Å². The second-order valence-corrected chi connectivity index (χ2v) is 8.78. The molecule has 1 aliphatic rings. The van der Waals surface area contributed by atoms with Crippen LogP contribution in [0.5, 0.6) is 0 Å². The zero-order chi connectivity index (χ0) is 24.9. The van der Waals surface area contributed by atoms with Crippen LogP contribution in [-0.2, 0) is 14.2 Å². The third-order valence-electron chi connectivity index (χ3n) is 6.48. The third kappa shape index (κ3) is 5.59. The largest absolute Gasteiger partial charge is 0.375 e. The Kier molecular flexibility index (Phi) is 7.91. The van der Waals surface area contributed by atoms with Gasteiger partial charge in [0.2, 0.25) is 0 Å². The summed E-state index contributed by atoms with van der Waals surface area (Å²) in [4.78, 5) is 20.2. The molecule has 0 spiro atoms. The summed E-state index contributed by atoms with van der Waals surface area (Å²) in [7, 11) is 3.20. The topological polar surface area (TPSA) is 119 Å². The Bertz CT molecular complexity index is 1140. The molecule has 3 heterocycles. The molecule has 1 saturated heterocycles. The molecule has 35 heavy (non-hydrogen) atoms. The van der Waals surface area contributed by atoms with Gasteiger partial charge in [-0.15, -0.1) is 0 Å². The number of nitrogens with zero attached hydrogens (tertiary/aromatic N) is 5. The van der Waals surface area contributed by atoms with Crippen molar-refractivity contribution in [3.05, 3.63) is 46.6 Å². The van der Waals surface area contributed by atoms with E-state index in [0.717, 1.165) is 36.5 Å². The normalized spacial score (nSPS) is 19.1. The minimum absolute atomic E-state index is 0.0390. The van der Waals surface area contributed by atoms with Gasteiger partial charge >= 0.3 is 0 Å². The maximum atomic E-state index is 11.2. The van der Waals surface area contributed by atoms with Crippen molar-refractivity contribution in [2.24, 2.45) is 0 Å². The standard InChI is InChI=1S/C24H32N6O5/c1-16-13-28(14-17(2)29(16)9-10-35-15-23(33-3)34-4)22-11-18(7-8-25-22)24-20-12-19(30(31)32)5-6-21(20)26-27-24/h5-8,11-12,16-17,23H,9-10,13-15H2,1-4H3,(H,26,27). The molecule has 0 bridgehead atoms. The monoisotopic (exact) mass is 484 g/mol. The first-order chi connectivity index (χ1) is 16.9. The molecule has 0 amide bonds. The summed E-state index contributed by atoms with van der Waals surface area (Å²) in [5.41, 5.74) is 2.33. The molecule has 4 rings (SSSR count). The Morgan fingerprint density at radius 2 is 1.91 bits per heavy atom. The molecule has 0 saturated carbocycles. The van der Waals surface area contributed by atoms with Crippen LogP contribution in [-0.4, -0.2) is 90.4 Å². The Hall–Kier alpha value is -3.12. The van der Waals surface area contributed by atoms with Crippen molar-refractivity contribution in [1.29, 1.82) is 0 Å². The number of ether oxygens (including phenoxy) is 3. The number of aromatic amines is 1. The molecule has 3 aromatic rings. The van der Waals surface area contributed by atoms with Crippen LogP contribution in [0.3, 0.4) is 0 Å². The number of non-ortho nitro benzene ring substituents is 1. The molecule has 1 aromatic carbocycles. The number of aromatic nitrogens is 3. The highest BCUT2D eigenvalue weighted by molar-refractivity contribution is 5.94. The minimum Gasteiger partial charge on any atom is -0.375 e. The van der Waals surface area contributed by atoms with E-state index in [1.54, 1.807) is 32.5 Å². The first kappa shape index (κ1) is 25.0. The van der Waals surface area contributed by atoms with Crippen molar-refractivity contribution in [3.63, 3.8) is 0 Å². The second kappa shape index (κ2) is 11.1. The number of piperazine rings is 1. The Balaban J connectivity index is 1.45. The van der Waals surface area contributed by atoms with Gasteiger partial charge in [-0.1, -0.05) is 0 Å². The number of H-pyrrole nitrogens is 1. The van der Waals surface area contributed by atoms with Gasteiger partial charge in [-0.2, -0.15) is 5.10 Å². The molecular formula is C24H32N6O5. The van der Waals surface area contributed by atoms with E-state index in [4.69, 9.17) is 14.2 Å². The lowest BCUT2D eigenvalue weighted by molar-refractivity contribution is -0.384. The summed E-state index contributed by atoms with van der Waals surface area (Å²) in [6, 6.07) is 9.21. The summed E-state index contributed by atoms with van der Waals surface area (Å²) in [6.45, 7) is 7.89. The molecule has 0 aliphatic carbocycles. The van der Waals surface area contributed by atoms with Gasteiger partial charge in [0.15, 0.2) is 6.29 Å². The van der Waals surface area contributed by atoms with Crippen LogP contribution < -0.4 is 4.90 Å². The van der Waals surface area contributed by atoms with E-state index in [9.17, 15) is 10.1 Å². The SMILES string of the molecule is COC(COCCN1C(C)CN(c2cc(-c3n[nH]c4ccc([N+](=O)[O-])cc34)ccn2)CC1C)OC. The van der Waals surface area contributed by atoms with Crippen LogP contribution in [0.2, 0.25) is 0 Å². The summed E-state index contributed by atoms with van der Waals surface area (Å²) >= 11 is 0. The van der Waals surface area contributed by atoms with Crippen molar-refractivity contribution in [3.8, 4) is 11.3 Å². The zero-order valence-corrected chi connectivity index (χ0v) is 20.5. The van der Waals surface area contributed by atoms with Gasteiger partial charge in [0.1, 0.15) is 11.5 Å². The van der Waals surface area contributed by atoms with Crippen molar-refractivity contribution in [1.82, 2.24) is 20.1 Å². The minimum atomic E-state index is -0.394. The average Bonchev–Trinajstić information content (AvgIpc) is 3.29. The molecule has 1 N–H and O–H groups in total. The average molecular weight is 485 g/mol. The van der Waals surface area contributed by atoms with E-state index >= 15 is 0 Å². The quantitative estimate of drug-likeness (QED) is 0.200. The summed E-state index contributed by atoms with van der Waals surface area (Å²) in [5.74, 6) is 0.863. The molecule has 2 atom stereocenters. The molecule has 1 aliphatic heterocycles. The highest BCUT2D eigenvalue weighted by Crippen LogP contribution is 2.31. The predicted molar refractivity (Wildman–Crippen MR) is 132 cm³/mol. The van der Waals surface area contributed by atoms with Crippen molar-refractivity contribution < 1.29 is 19.1 Å². The van der Waals surface area contributed by atoms with Gasteiger partial charge in [0, 0.05) is 75.2 Å².